The Balaban J connectivity index is 2.87. The standard InChI is InChI=1S/C9H6ClN3O3/c1-5(14)8-11-9(13(15)16)7-3-2-6(10)4-12(7)8/h2-4H,1H3. The highest BCUT2D eigenvalue weighted by Crippen LogP contribution is 2.22. The Morgan fingerprint density at radius 3 is 2.81 bits per heavy atom. The van der Waals surface area contributed by atoms with Crippen LogP contribution < -0.4 is 0 Å². The van der Waals surface area contributed by atoms with Crippen molar-refractivity contribution < 1.29 is 9.72 Å². The fourth-order valence-corrected chi connectivity index (χ4v) is 1.59. The highest BCUT2D eigenvalue weighted by atomic mass is 35.5. The smallest absolute Gasteiger partial charge is 0.358 e. The van der Waals surface area contributed by atoms with Crippen LogP contribution in [0.3, 0.4) is 0 Å². The number of carbonyl (C=O) groups is 1. The van der Waals surface area contributed by atoms with Crippen molar-refractivity contribution in [2.24, 2.45) is 0 Å². The van der Waals surface area contributed by atoms with Crippen molar-refractivity contribution in [3.05, 3.63) is 39.3 Å². The number of fused-ring (bicyclic) bond motifs is 1. The first-order valence-corrected chi connectivity index (χ1v) is 4.71. The van der Waals surface area contributed by atoms with Gasteiger partial charge in [0.25, 0.3) is 5.82 Å². The summed E-state index contributed by atoms with van der Waals surface area (Å²) in [5.74, 6) is -0.698. The van der Waals surface area contributed by atoms with E-state index in [0.717, 1.165) is 0 Å². The van der Waals surface area contributed by atoms with Gasteiger partial charge in [0, 0.05) is 13.1 Å². The van der Waals surface area contributed by atoms with Crippen LogP contribution in [-0.4, -0.2) is 20.1 Å². The largest absolute Gasteiger partial charge is 0.390 e. The number of hydrogen-bond acceptors (Lipinski definition) is 4. The summed E-state index contributed by atoms with van der Waals surface area (Å²) in [5.41, 5.74) is 0.250. The van der Waals surface area contributed by atoms with Crippen LogP contribution in [0.5, 0.6) is 0 Å². The predicted molar refractivity (Wildman–Crippen MR) is 56.9 cm³/mol. The molecule has 2 aromatic rings. The summed E-state index contributed by atoms with van der Waals surface area (Å²) < 4.78 is 1.32. The molecule has 0 amide bonds. The van der Waals surface area contributed by atoms with Crippen LogP contribution in [0, 0.1) is 10.1 Å². The molecule has 0 unspecified atom stereocenters. The average Bonchev–Trinajstić information content (AvgIpc) is 2.56. The second kappa shape index (κ2) is 3.57. The van der Waals surface area contributed by atoms with Crippen LogP contribution in [0.2, 0.25) is 5.02 Å². The number of nitro groups is 1. The third-order valence-electron chi connectivity index (χ3n) is 2.07. The van der Waals surface area contributed by atoms with Gasteiger partial charge in [0.1, 0.15) is 5.52 Å². The molecule has 16 heavy (non-hydrogen) atoms. The van der Waals surface area contributed by atoms with Gasteiger partial charge < -0.3 is 10.1 Å². The summed E-state index contributed by atoms with van der Waals surface area (Å²) in [6.07, 6.45) is 1.42. The predicted octanol–water partition coefficient (Wildman–Crippen LogP) is 2.10. The van der Waals surface area contributed by atoms with Gasteiger partial charge >= 0.3 is 5.82 Å². The van der Waals surface area contributed by atoms with Crippen molar-refractivity contribution in [2.75, 3.05) is 0 Å². The number of rotatable bonds is 2. The van der Waals surface area contributed by atoms with E-state index in [-0.39, 0.29) is 22.9 Å². The van der Waals surface area contributed by atoms with Crippen molar-refractivity contribution in [3.63, 3.8) is 0 Å². The zero-order valence-electron chi connectivity index (χ0n) is 8.18. The Morgan fingerprint density at radius 2 is 2.25 bits per heavy atom. The lowest BCUT2D eigenvalue weighted by atomic mass is 10.4. The van der Waals surface area contributed by atoms with Gasteiger partial charge in [-0.25, -0.2) is 0 Å². The average molecular weight is 240 g/mol. The molecule has 0 bridgehead atoms. The van der Waals surface area contributed by atoms with E-state index in [1.807, 2.05) is 0 Å². The molecule has 0 N–H and O–H groups in total. The van der Waals surface area contributed by atoms with Crippen molar-refractivity contribution >= 4 is 28.7 Å². The van der Waals surface area contributed by atoms with Gasteiger partial charge in [-0.1, -0.05) is 11.6 Å². The zero-order valence-corrected chi connectivity index (χ0v) is 8.93. The van der Waals surface area contributed by atoms with Crippen molar-refractivity contribution in [2.45, 2.75) is 6.92 Å². The minimum Gasteiger partial charge on any atom is -0.358 e. The van der Waals surface area contributed by atoms with Crippen molar-refractivity contribution in [3.8, 4) is 0 Å². The molecule has 7 heteroatoms. The molecular weight excluding hydrogens is 234 g/mol. The third kappa shape index (κ3) is 1.53. The minimum atomic E-state index is -0.629. The second-order valence-corrected chi connectivity index (χ2v) is 3.61. The number of ketones is 1. The molecule has 2 aromatic heterocycles. The molecule has 0 fully saturated rings. The first kappa shape index (κ1) is 10.6. The molecule has 0 spiro atoms. The fraction of sp³-hybridized carbons (Fsp3) is 0.111. The van der Waals surface area contributed by atoms with Crippen molar-refractivity contribution in [1.29, 1.82) is 0 Å². The van der Waals surface area contributed by atoms with E-state index in [9.17, 15) is 14.9 Å². The lowest BCUT2D eigenvalue weighted by molar-refractivity contribution is -0.387. The van der Waals surface area contributed by atoms with E-state index in [1.54, 1.807) is 0 Å². The van der Waals surface area contributed by atoms with Crippen LogP contribution in [0.15, 0.2) is 18.3 Å². The number of aromatic nitrogens is 2. The molecule has 0 aliphatic carbocycles. The lowest BCUT2D eigenvalue weighted by Crippen LogP contribution is -2.00. The molecule has 0 aliphatic rings. The Hall–Kier alpha value is -1.95. The monoisotopic (exact) mass is 239 g/mol. The molecule has 0 atom stereocenters. The normalized spacial score (nSPS) is 10.6. The van der Waals surface area contributed by atoms with E-state index < -0.39 is 4.92 Å². The molecule has 6 nitrogen and oxygen atoms in total. The van der Waals surface area contributed by atoms with Crippen LogP contribution in [0.25, 0.3) is 5.52 Å². The molecular formula is C9H6ClN3O3. The highest BCUT2D eigenvalue weighted by Gasteiger charge is 2.24. The first-order chi connectivity index (χ1) is 7.50. The van der Waals surface area contributed by atoms with Gasteiger partial charge in [-0.3, -0.25) is 9.20 Å². The van der Waals surface area contributed by atoms with Gasteiger partial charge in [0.2, 0.25) is 5.78 Å². The number of Topliss-reactive ketones (excluding diaryl/α,β-unsaturated/α-hetero) is 1. The molecule has 82 valence electrons. The molecule has 2 heterocycles. The number of halogens is 1. The summed E-state index contributed by atoms with van der Waals surface area (Å²) in [6.45, 7) is 1.29. The van der Waals surface area contributed by atoms with E-state index in [1.165, 1.54) is 29.7 Å². The maximum Gasteiger partial charge on any atom is 0.390 e. The summed E-state index contributed by atoms with van der Waals surface area (Å²) in [7, 11) is 0. The molecule has 0 saturated carbocycles. The van der Waals surface area contributed by atoms with E-state index in [4.69, 9.17) is 11.6 Å². The zero-order chi connectivity index (χ0) is 11.9. The van der Waals surface area contributed by atoms with Gasteiger partial charge in [0.15, 0.2) is 0 Å². The minimum absolute atomic E-state index is 0.00389. The Bertz CT molecular complexity index is 605. The Morgan fingerprint density at radius 1 is 1.56 bits per heavy atom. The van der Waals surface area contributed by atoms with Crippen LogP contribution in [0.1, 0.15) is 17.5 Å². The summed E-state index contributed by atoms with van der Waals surface area (Å²) >= 11 is 5.75. The molecule has 0 aliphatic heterocycles. The number of nitrogens with zero attached hydrogens (tertiary/aromatic N) is 3. The Labute approximate surface area is 94.6 Å². The van der Waals surface area contributed by atoms with E-state index in [2.05, 4.69) is 4.98 Å². The maximum atomic E-state index is 11.3. The summed E-state index contributed by atoms with van der Waals surface area (Å²) in [5, 5.41) is 11.1. The summed E-state index contributed by atoms with van der Waals surface area (Å²) in [4.78, 5) is 25.0. The number of hydrogen-bond donors (Lipinski definition) is 0. The number of pyridine rings is 1. The summed E-state index contributed by atoms with van der Waals surface area (Å²) in [6, 6.07) is 2.97. The number of imidazole rings is 1. The van der Waals surface area contributed by atoms with Crippen LogP contribution in [-0.2, 0) is 0 Å². The molecule has 0 saturated heterocycles. The van der Waals surface area contributed by atoms with Crippen LogP contribution >= 0.6 is 11.6 Å². The molecule has 0 aromatic carbocycles. The highest BCUT2D eigenvalue weighted by molar-refractivity contribution is 6.30. The number of carbonyl (C=O) groups excluding carboxylic acids is 1. The molecule has 0 radical (unpaired) electrons. The van der Waals surface area contributed by atoms with Crippen LogP contribution in [0.4, 0.5) is 5.82 Å². The van der Waals surface area contributed by atoms with Gasteiger partial charge in [-0.05, 0) is 22.0 Å². The second-order valence-electron chi connectivity index (χ2n) is 3.17. The SMILES string of the molecule is CC(=O)c1nc([N+](=O)[O-])c2ccc(Cl)cn12. The van der Waals surface area contributed by atoms with E-state index in [0.29, 0.717) is 5.02 Å². The van der Waals surface area contributed by atoms with Crippen molar-refractivity contribution in [1.82, 2.24) is 9.38 Å². The molecule has 2 rings (SSSR count). The quantitative estimate of drug-likeness (QED) is 0.457. The fourth-order valence-electron chi connectivity index (χ4n) is 1.43. The first-order valence-electron chi connectivity index (χ1n) is 4.33. The van der Waals surface area contributed by atoms with Gasteiger partial charge in [0.05, 0.1) is 5.02 Å². The third-order valence-corrected chi connectivity index (χ3v) is 2.29. The topological polar surface area (TPSA) is 77.5 Å². The van der Waals surface area contributed by atoms with Gasteiger partial charge in [-0.2, -0.15) is 0 Å². The van der Waals surface area contributed by atoms with E-state index >= 15 is 0 Å². The Kier molecular flexibility index (Phi) is 2.35. The van der Waals surface area contributed by atoms with Gasteiger partial charge in [-0.15, -0.1) is 0 Å². The maximum absolute atomic E-state index is 11.3. The lowest BCUT2D eigenvalue weighted by Gasteiger charge is -1.94.